The number of ether oxygens (including phenoxy) is 3. The molecule has 1 N–H and O–H groups in total. The standard InChI is InChI=1S/C10H20O2.C10H14O.C9H18O3/c1-5-7-8-12-9(11)10(3,4)6-2;1-3-8(2)9-4-6-10(11)7-5-9;1-5-9(2,3)8(10)12-7-6-11-4/h5-8H2,1-4H3;4-8,11H,3H2,1-2H3;5-7H2,1-4H3. The Labute approximate surface area is 214 Å². The summed E-state index contributed by atoms with van der Waals surface area (Å²) in [5.41, 5.74) is 0.617. The number of aromatic hydroxyl groups is 1. The Hall–Kier alpha value is -2.08. The predicted octanol–water partition coefficient (Wildman–Crippen LogP) is 7.28. The van der Waals surface area contributed by atoms with Gasteiger partial charge in [-0.05, 0) is 77.0 Å². The lowest BCUT2D eigenvalue weighted by molar-refractivity contribution is -0.155. The second kappa shape index (κ2) is 19.1. The van der Waals surface area contributed by atoms with Crippen LogP contribution in [-0.2, 0) is 23.8 Å². The first-order valence-corrected chi connectivity index (χ1v) is 12.9. The van der Waals surface area contributed by atoms with Crippen LogP contribution in [0, 0.1) is 10.8 Å². The van der Waals surface area contributed by atoms with Crippen LogP contribution in [0.3, 0.4) is 0 Å². The normalized spacial score (nSPS) is 11.8. The van der Waals surface area contributed by atoms with Crippen LogP contribution in [-0.4, -0.2) is 44.0 Å². The molecular weight excluding hydrogens is 444 g/mol. The van der Waals surface area contributed by atoms with Gasteiger partial charge >= 0.3 is 11.9 Å². The predicted molar refractivity (Wildman–Crippen MR) is 144 cm³/mol. The van der Waals surface area contributed by atoms with Crippen molar-refractivity contribution >= 4 is 11.9 Å². The van der Waals surface area contributed by atoms with Gasteiger partial charge in [-0.3, -0.25) is 9.59 Å². The van der Waals surface area contributed by atoms with Crippen molar-refractivity contribution in [3.8, 4) is 5.75 Å². The highest BCUT2D eigenvalue weighted by molar-refractivity contribution is 5.76. The van der Waals surface area contributed by atoms with Crippen molar-refractivity contribution in [2.45, 2.75) is 100 Å². The van der Waals surface area contributed by atoms with Gasteiger partial charge in [0.15, 0.2) is 0 Å². The first kappa shape index (κ1) is 35.1. The summed E-state index contributed by atoms with van der Waals surface area (Å²) in [6.45, 7) is 19.4. The average Bonchev–Trinajstić information content (AvgIpc) is 2.84. The van der Waals surface area contributed by atoms with Gasteiger partial charge in [0.2, 0.25) is 0 Å². The maximum Gasteiger partial charge on any atom is 0.311 e. The Morgan fingerprint density at radius 1 is 0.829 bits per heavy atom. The summed E-state index contributed by atoms with van der Waals surface area (Å²) in [4.78, 5) is 22.6. The molecule has 0 heterocycles. The summed E-state index contributed by atoms with van der Waals surface area (Å²) < 4.78 is 14.8. The second-order valence-corrected chi connectivity index (χ2v) is 9.99. The minimum absolute atomic E-state index is 0.0709. The van der Waals surface area contributed by atoms with Crippen molar-refractivity contribution in [1.82, 2.24) is 0 Å². The van der Waals surface area contributed by atoms with Gasteiger partial charge in [-0.2, -0.15) is 0 Å². The van der Waals surface area contributed by atoms with Crippen LogP contribution in [0.4, 0.5) is 0 Å². The Morgan fingerprint density at radius 2 is 1.29 bits per heavy atom. The van der Waals surface area contributed by atoms with E-state index in [1.807, 2.05) is 53.7 Å². The number of unbranched alkanes of at least 4 members (excludes halogenated alkanes) is 1. The fourth-order valence-corrected chi connectivity index (χ4v) is 2.24. The molecule has 35 heavy (non-hydrogen) atoms. The molecule has 0 aromatic heterocycles. The maximum absolute atomic E-state index is 11.3. The molecule has 0 spiro atoms. The molecule has 0 fully saturated rings. The zero-order valence-corrected chi connectivity index (χ0v) is 24.0. The third kappa shape index (κ3) is 16.3. The maximum atomic E-state index is 11.3. The number of hydrogen-bond acceptors (Lipinski definition) is 6. The Bertz CT molecular complexity index is 645. The number of carbonyl (C=O) groups excluding carboxylic acids is 2. The Balaban J connectivity index is 0. The van der Waals surface area contributed by atoms with Gasteiger partial charge < -0.3 is 19.3 Å². The molecule has 0 aliphatic rings. The lowest BCUT2D eigenvalue weighted by Gasteiger charge is -2.19. The molecule has 0 bridgehead atoms. The molecule has 6 heteroatoms. The molecule has 0 saturated heterocycles. The van der Waals surface area contributed by atoms with Crippen molar-refractivity contribution in [3.63, 3.8) is 0 Å². The topological polar surface area (TPSA) is 82.1 Å². The molecule has 0 saturated carbocycles. The third-order valence-corrected chi connectivity index (χ3v) is 6.20. The van der Waals surface area contributed by atoms with Crippen LogP contribution in [0.5, 0.6) is 5.75 Å². The van der Waals surface area contributed by atoms with Crippen molar-refractivity contribution in [3.05, 3.63) is 29.8 Å². The van der Waals surface area contributed by atoms with Crippen LogP contribution in [0.1, 0.15) is 106 Å². The van der Waals surface area contributed by atoms with E-state index in [1.54, 1.807) is 19.2 Å². The summed E-state index contributed by atoms with van der Waals surface area (Å²) >= 11 is 0. The number of esters is 2. The summed E-state index contributed by atoms with van der Waals surface area (Å²) in [6, 6.07) is 7.43. The number of rotatable bonds is 12. The quantitative estimate of drug-likeness (QED) is 0.242. The fraction of sp³-hybridized carbons (Fsp3) is 0.724. The molecule has 1 unspecified atom stereocenters. The van der Waals surface area contributed by atoms with E-state index in [0.717, 1.165) is 32.1 Å². The van der Waals surface area contributed by atoms with Crippen LogP contribution in [0.2, 0.25) is 0 Å². The average molecular weight is 497 g/mol. The monoisotopic (exact) mass is 496 g/mol. The third-order valence-electron chi connectivity index (χ3n) is 6.20. The van der Waals surface area contributed by atoms with Crippen molar-refractivity contribution in [2.24, 2.45) is 10.8 Å². The van der Waals surface area contributed by atoms with Gasteiger partial charge in [-0.25, -0.2) is 0 Å². The second-order valence-electron chi connectivity index (χ2n) is 9.99. The minimum Gasteiger partial charge on any atom is -0.508 e. The van der Waals surface area contributed by atoms with Gasteiger partial charge in [0.05, 0.1) is 24.0 Å². The molecule has 1 aromatic carbocycles. The molecule has 1 aromatic rings. The van der Waals surface area contributed by atoms with Gasteiger partial charge in [0.25, 0.3) is 0 Å². The highest BCUT2D eigenvalue weighted by atomic mass is 16.6. The number of phenolic OH excluding ortho intramolecular Hbond substituents is 1. The zero-order valence-electron chi connectivity index (χ0n) is 24.0. The van der Waals surface area contributed by atoms with Gasteiger partial charge in [-0.15, -0.1) is 0 Å². The lowest BCUT2D eigenvalue weighted by atomic mass is 9.91. The fourth-order valence-electron chi connectivity index (χ4n) is 2.24. The highest BCUT2D eigenvalue weighted by Crippen LogP contribution is 2.22. The molecule has 204 valence electrons. The van der Waals surface area contributed by atoms with Gasteiger partial charge in [0.1, 0.15) is 12.4 Å². The minimum atomic E-state index is -0.367. The first-order chi connectivity index (χ1) is 16.3. The number of benzene rings is 1. The van der Waals surface area contributed by atoms with Gasteiger partial charge in [-0.1, -0.05) is 53.2 Å². The van der Waals surface area contributed by atoms with E-state index in [4.69, 9.17) is 19.3 Å². The highest BCUT2D eigenvalue weighted by Gasteiger charge is 2.27. The SMILES string of the molecule is CCC(C)(C)C(=O)OCCOC.CCC(C)c1ccc(O)cc1.CCCCOC(=O)C(C)(C)CC. The van der Waals surface area contributed by atoms with E-state index in [2.05, 4.69) is 20.8 Å². The molecule has 0 radical (unpaired) electrons. The van der Waals surface area contributed by atoms with Crippen LogP contribution in [0.25, 0.3) is 0 Å². The molecular formula is C29H52O6. The van der Waals surface area contributed by atoms with E-state index in [-0.39, 0.29) is 22.8 Å². The van der Waals surface area contributed by atoms with Crippen molar-refractivity contribution < 1.29 is 28.9 Å². The van der Waals surface area contributed by atoms with Crippen LogP contribution < -0.4 is 0 Å². The zero-order chi connectivity index (χ0) is 27.5. The summed E-state index contributed by atoms with van der Waals surface area (Å²) in [5, 5.41) is 9.01. The van der Waals surface area contributed by atoms with Gasteiger partial charge in [0, 0.05) is 7.11 Å². The van der Waals surface area contributed by atoms with E-state index < -0.39 is 0 Å². The number of methoxy groups -OCH3 is 1. The summed E-state index contributed by atoms with van der Waals surface area (Å²) in [6.07, 6.45) is 4.80. The number of carbonyl (C=O) groups is 2. The summed E-state index contributed by atoms with van der Waals surface area (Å²) in [7, 11) is 1.58. The molecule has 1 atom stereocenters. The molecule has 0 aliphatic carbocycles. The van der Waals surface area contributed by atoms with Crippen molar-refractivity contribution in [1.29, 1.82) is 0 Å². The van der Waals surface area contributed by atoms with E-state index >= 15 is 0 Å². The largest absolute Gasteiger partial charge is 0.508 e. The smallest absolute Gasteiger partial charge is 0.311 e. The van der Waals surface area contributed by atoms with Crippen LogP contribution in [0.15, 0.2) is 24.3 Å². The summed E-state index contributed by atoms with van der Waals surface area (Å²) in [5.74, 6) is 0.716. The number of phenols is 1. The molecule has 0 aliphatic heterocycles. The van der Waals surface area contributed by atoms with Crippen molar-refractivity contribution in [2.75, 3.05) is 26.9 Å². The van der Waals surface area contributed by atoms with E-state index in [9.17, 15) is 9.59 Å². The number of hydrogen-bond donors (Lipinski definition) is 1. The molecule has 1 rings (SSSR count). The Morgan fingerprint density at radius 3 is 1.66 bits per heavy atom. The van der Waals surface area contributed by atoms with Crippen LogP contribution >= 0.6 is 0 Å². The van der Waals surface area contributed by atoms with E-state index in [0.29, 0.717) is 31.5 Å². The first-order valence-electron chi connectivity index (χ1n) is 12.9. The lowest BCUT2D eigenvalue weighted by Crippen LogP contribution is -2.26. The van der Waals surface area contributed by atoms with E-state index in [1.165, 1.54) is 5.56 Å². The molecule has 6 nitrogen and oxygen atoms in total. The Kier molecular flexibility index (Phi) is 19.2. The molecule has 0 amide bonds.